The van der Waals surface area contributed by atoms with E-state index in [4.69, 9.17) is 9.84 Å². The number of ether oxygens (including phenoxy) is 1. The van der Waals surface area contributed by atoms with Gasteiger partial charge in [-0.1, -0.05) is 0 Å². The molecule has 11 heavy (non-hydrogen) atoms. The molecule has 0 aromatic rings. The largest absolute Gasteiger partial charge is 0.478 e. The van der Waals surface area contributed by atoms with Crippen LogP contribution >= 0.6 is 11.8 Å². The van der Waals surface area contributed by atoms with Crippen LogP contribution in [0.25, 0.3) is 0 Å². The lowest BCUT2D eigenvalue weighted by Crippen LogP contribution is -2.22. The molecule has 0 amide bonds. The Morgan fingerprint density at radius 2 is 2.64 bits per heavy atom. The molecule has 2 aliphatic heterocycles. The van der Waals surface area contributed by atoms with Gasteiger partial charge in [-0.15, -0.1) is 11.8 Å². The Hall–Kier alpha value is -0.480. The van der Waals surface area contributed by atoms with Gasteiger partial charge in [-0.3, -0.25) is 0 Å². The van der Waals surface area contributed by atoms with Crippen LogP contribution in [0, 0.1) is 0 Å². The number of thioether (sulfide) groups is 1. The first-order chi connectivity index (χ1) is 5.27. The molecular formula is C7H8O3S. The molecule has 4 heteroatoms. The second kappa shape index (κ2) is 2.53. The third kappa shape index (κ3) is 1.41. The summed E-state index contributed by atoms with van der Waals surface area (Å²) in [6, 6.07) is 0. The number of carboxylic acid groups (broad SMARTS) is 1. The predicted octanol–water partition coefficient (Wildman–Crippen LogP) is 0.859. The van der Waals surface area contributed by atoms with E-state index in [-0.39, 0.29) is 5.25 Å². The van der Waals surface area contributed by atoms with Crippen LogP contribution in [0.3, 0.4) is 0 Å². The molecule has 0 saturated carbocycles. The topological polar surface area (TPSA) is 49.8 Å². The van der Waals surface area contributed by atoms with Crippen molar-refractivity contribution in [2.45, 2.75) is 17.8 Å². The second-order valence-corrected chi connectivity index (χ2v) is 3.77. The van der Waals surface area contributed by atoms with Gasteiger partial charge in [0.25, 0.3) is 0 Å². The van der Waals surface area contributed by atoms with Crippen LogP contribution in [0.5, 0.6) is 0 Å². The highest BCUT2D eigenvalue weighted by atomic mass is 32.2. The molecule has 0 aliphatic carbocycles. The van der Waals surface area contributed by atoms with E-state index in [0.29, 0.717) is 11.7 Å². The SMILES string of the molecule is O=C(O)C1=CSC1CC1CO1. The van der Waals surface area contributed by atoms with Crippen LogP contribution in [0.1, 0.15) is 6.42 Å². The fourth-order valence-electron chi connectivity index (χ4n) is 1.05. The number of hydrogen-bond donors (Lipinski definition) is 1. The van der Waals surface area contributed by atoms with Crippen molar-refractivity contribution in [1.82, 2.24) is 0 Å². The second-order valence-electron chi connectivity index (χ2n) is 2.69. The highest BCUT2D eigenvalue weighted by Crippen LogP contribution is 2.38. The zero-order chi connectivity index (χ0) is 7.84. The van der Waals surface area contributed by atoms with E-state index in [1.165, 1.54) is 0 Å². The molecule has 0 aromatic carbocycles. The summed E-state index contributed by atoms with van der Waals surface area (Å²) in [6.45, 7) is 0.809. The Bertz CT molecular complexity index is 220. The molecule has 60 valence electrons. The molecule has 3 nitrogen and oxygen atoms in total. The van der Waals surface area contributed by atoms with E-state index in [0.717, 1.165) is 13.0 Å². The van der Waals surface area contributed by atoms with E-state index in [1.54, 1.807) is 17.2 Å². The smallest absolute Gasteiger partial charge is 0.333 e. The molecule has 0 aromatic heterocycles. The quantitative estimate of drug-likeness (QED) is 0.641. The van der Waals surface area contributed by atoms with Gasteiger partial charge >= 0.3 is 5.97 Å². The number of rotatable bonds is 3. The maximum Gasteiger partial charge on any atom is 0.333 e. The Labute approximate surface area is 68.4 Å². The summed E-state index contributed by atoms with van der Waals surface area (Å²) in [4.78, 5) is 10.5. The number of carboxylic acids is 1. The van der Waals surface area contributed by atoms with Crippen LogP contribution in [0.2, 0.25) is 0 Å². The van der Waals surface area contributed by atoms with Crippen LogP contribution in [-0.4, -0.2) is 29.0 Å². The summed E-state index contributed by atoms with van der Waals surface area (Å²) in [5.74, 6) is -0.783. The summed E-state index contributed by atoms with van der Waals surface area (Å²) in [6.07, 6.45) is 1.19. The Morgan fingerprint density at radius 3 is 3.00 bits per heavy atom. The van der Waals surface area contributed by atoms with Gasteiger partial charge < -0.3 is 9.84 Å². The Balaban J connectivity index is 1.88. The molecule has 2 unspecified atom stereocenters. The van der Waals surface area contributed by atoms with Crippen LogP contribution in [-0.2, 0) is 9.53 Å². The molecule has 0 radical (unpaired) electrons. The summed E-state index contributed by atoms with van der Waals surface area (Å²) >= 11 is 1.59. The van der Waals surface area contributed by atoms with Gasteiger partial charge in [-0.25, -0.2) is 4.79 Å². The van der Waals surface area contributed by atoms with Gasteiger partial charge in [-0.2, -0.15) is 0 Å². The number of epoxide rings is 1. The summed E-state index contributed by atoms with van der Waals surface area (Å²) < 4.78 is 5.01. The number of hydrogen-bond acceptors (Lipinski definition) is 3. The highest BCUT2D eigenvalue weighted by Gasteiger charge is 2.34. The van der Waals surface area contributed by atoms with Gasteiger partial charge in [0.1, 0.15) is 0 Å². The first-order valence-electron chi connectivity index (χ1n) is 3.48. The van der Waals surface area contributed by atoms with Gasteiger partial charge in [0.15, 0.2) is 0 Å². The normalized spacial score (nSPS) is 34.0. The zero-order valence-corrected chi connectivity index (χ0v) is 6.63. The molecule has 0 spiro atoms. The molecule has 2 aliphatic rings. The third-order valence-corrected chi connectivity index (χ3v) is 3.00. The third-order valence-electron chi connectivity index (χ3n) is 1.83. The highest BCUT2D eigenvalue weighted by molar-refractivity contribution is 8.04. The Kier molecular flexibility index (Phi) is 1.65. The van der Waals surface area contributed by atoms with Crippen molar-refractivity contribution in [3.63, 3.8) is 0 Å². The van der Waals surface area contributed by atoms with Crippen molar-refractivity contribution in [3.8, 4) is 0 Å². The van der Waals surface area contributed by atoms with Crippen LogP contribution < -0.4 is 0 Å². The molecule has 1 saturated heterocycles. The maximum atomic E-state index is 10.5. The number of aliphatic carboxylic acids is 1. The van der Waals surface area contributed by atoms with Crippen LogP contribution in [0.4, 0.5) is 0 Å². The first-order valence-corrected chi connectivity index (χ1v) is 4.42. The zero-order valence-electron chi connectivity index (χ0n) is 5.82. The molecular weight excluding hydrogens is 164 g/mol. The van der Waals surface area contributed by atoms with Crippen LogP contribution in [0.15, 0.2) is 11.0 Å². The van der Waals surface area contributed by atoms with Crippen molar-refractivity contribution in [3.05, 3.63) is 11.0 Å². The average molecular weight is 172 g/mol. The standard InChI is InChI=1S/C7H8O3S/c8-7(9)5-3-11-6(5)1-4-2-10-4/h3-4,6H,1-2H2,(H,8,9). The van der Waals surface area contributed by atoms with E-state index in [2.05, 4.69) is 0 Å². The summed E-state index contributed by atoms with van der Waals surface area (Å²) in [7, 11) is 0. The predicted molar refractivity (Wildman–Crippen MR) is 41.5 cm³/mol. The summed E-state index contributed by atoms with van der Waals surface area (Å²) in [5, 5.41) is 10.5. The fraction of sp³-hybridized carbons (Fsp3) is 0.571. The molecule has 1 N–H and O–H groups in total. The van der Waals surface area contributed by atoms with E-state index >= 15 is 0 Å². The van der Waals surface area contributed by atoms with Crippen molar-refractivity contribution in [1.29, 1.82) is 0 Å². The minimum absolute atomic E-state index is 0.181. The van der Waals surface area contributed by atoms with Crippen molar-refractivity contribution < 1.29 is 14.6 Å². The summed E-state index contributed by atoms with van der Waals surface area (Å²) in [5.41, 5.74) is 0.547. The van der Waals surface area contributed by atoms with Gasteiger partial charge in [0.2, 0.25) is 0 Å². The lowest BCUT2D eigenvalue weighted by atomic mass is 10.1. The first kappa shape index (κ1) is 7.18. The van der Waals surface area contributed by atoms with Gasteiger partial charge in [0, 0.05) is 5.25 Å². The van der Waals surface area contributed by atoms with E-state index < -0.39 is 5.97 Å². The lowest BCUT2D eigenvalue weighted by molar-refractivity contribution is -0.132. The Morgan fingerprint density at radius 1 is 1.91 bits per heavy atom. The maximum absolute atomic E-state index is 10.5. The monoisotopic (exact) mass is 172 g/mol. The molecule has 2 rings (SSSR count). The van der Waals surface area contributed by atoms with E-state index in [1.807, 2.05) is 0 Å². The lowest BCUT2D eigenvalue weighted by Gasteiger charge is -2.21. The molecule has 2 heterocycles. The minimum atomic E-state index is -0.783. The fourth-order valence-corrected chi connectivity index (χ4v) is 2.04. The van der Waals surface area contributed by atoms with Gasteiger partial charge in [0.05, 0.1) is 18.3 Å². The minimum Gasteiger partial charge on any atom is -0.478 e. The molecule has 2 atom stereocenters. The van der Waals surface area contributed by atoms with Crippen molar-refractivity contribution in [2.24, 2.45) is 0 Å². The molecule has 1 fully saturated rings. The number of carbonyl (C=O) groups is 1. The van der Waals surface area contributed by atoms with Gasteiger partial charge in [-0.05, 0) is 11.8 Å². The van der Waals surface area contributed by atoms with E-state index in [9.17, 15) is 4.79 Å². The molecule has 0 bridgehead atoms. The van der Waals surface area contributed by atoms with Crippen molar-refractivity contribution >= 4 is 17.7 Å². The van der Waals surface area contributed by atoms with Crippen molar-refractivity contribution in [2.75, 3.05) is 6.61 Å². The average Bonchev–Trinajstić information content (AvgIpc) is 2.60.